The highest BCUT2D eigenvalue weighted by Crippen LogP contribution is 2.28. The van der Waals surface area contributed by atoms with E-state index in [-0.39, 0.29) is 0 Å². The van der Waals surface area contributed by atoms with E-state index in [0.29, 0.717) is 12.1 Å². The molecule has 0 fully saturated rings. The normalized spacial score (nSPS) is 11.2. The lowest BCUT2D eigenvalue weighted by Crippen LogP contribution is -2.14. The van der Waals surface area contributed by atoms with E-state index in [4.69, 9.17) is 0 Å². The molecule has 1 rings (SSSR count). The van der Waals surface area contributed by atoms with Crippen LogP contribution in [0.2, 0.25) is 0 Å². The molecule has 0 aliphatic rings. The second kappa shape index (κ2) is 3.76. The Morgan fingerprint density at radius 1 is 1.40 bits per heavy atom. The summed E-state index contributed by atoms with van der Waals surface area (Å²) in [6, 6.07) is 1.04. The Labute approximate surface area is 81.3 Å². The van der Waals surface area contributed by atoms with Crippen molar-refractivity contribution in [1.29, 1.82) is 0 Å². The average molecular weight is 222 g/mol. The Kier molecular flexibility index (Phi) is 2.83. The summed E-state index contributed by atoms with van der Waals surface area (Å²) >= 11 is 0. The molecule has 0 aliphatic heterocycles. The molecule has 0 saturated carbocycles. The van der Waals surface area contributed by atoms with Gasteiger partial charge in [0.15, 0.2) is 0 Å². The predicted molar refractivity (Wildman–Crippen MR) is 41.3 cm³/mol. The van der Waals surface area contributed by atoms with Crippen molar-refractivity contribution < 1.29 is 27.1 Å². The second-order valence-corrected chi connectivity index (χ2v) is 2.52. The molecule has 1 heterocycles. The van der Waals surface area contributed by atoms with Gasteiger partial charge in [-0.3, -0.25) is 0 Å². The molecular weight excluding hydrogens is 217 g/mol. The summed E-state index contributed by atoms with van der Waals surface area (Å²) in [6.45, 7) is 0. The fourth-order valence-corrected chi connectivity index (χ4v) is 0.853. The van der Waals surface area contributed by atoms with Gasteiger partial charge >= 0.3 is 17.8 Å². The zero-order chi connectivity index (χ0) is 11.6. The van der Waals surface area contributed by atoms with Gasteiger partial charge in [0.25, 0.3) is 0 Å². The van der Waals surface area contributed by atoms with Crippen LogP contribution in [0.1, 0.15) is 16.1 Å². The van der Waals surface area contributed by atoms with E-state index in [2.05, 4.69) is 9.15 Å². The predicted octanol–water partition coefficient (Wildman–Crippen LogP) is 1.45. The first-order valence-corrected chi connectivity index (χ1v) is 3.65. The van der Waals surface area contributed by atoms with Gasteiger partial charge in [0, 0.05) is 12.1 Å². The third kappa shape index (κ3) is 2.58. The van der Waals surface area contributed by atoms with E-state index in [1.165, 1.54) is 0 Å². The topological polar surface area (TPSA) is 56.5 Å². The number of hydrogen-bond donors (Lipinski definition) is 0. The van der Waals surface area contributed by atoms with E-state index in [1.807, 2.05) is 0 Å². The molecule has 7 heteroatoms. The van der Waals surface area contributed by atoms with E-state index in [1.54, 1.807) is 0 Å². The minimum absolute atomic E-state index is 0.410. The maximum atomic E-state index is 12.1. The maximum absolute atomic E-state index is 12.1. The summed E-state index contributed by atoms with van der Waals surface area (Å²) in [4.78, 5) is 21.6. The molecule has 1 aromatic heterocycles. The van der Waals surface area contributed by atoms with E-state index >= 15 is 0 Å². The van der Waals surface area contributed by atoms with Crippen molar-refractivity contribution >= 4 is 5.97 Å². The number of carbonyl (C=O) groups is 1. The average Bonchev–Trinajstić information content (AvgIpc) is 2.14. The number of esters is 1. The highest BCUT2D eigenvalue weighted by Gasteiger charge is 2.35. The third-order valence-electron chi connectivity index (χ3n) is 1.47. The van der Waals surface area contributed by atoms with Gasteiger partial charge in [0.1, 0.15) is 0 Å². The molecule has 0 amide bonds. The Morgan fingerprint density at radius 2 is 2.00 bits per heavy atom. The minimum Gasteiger partial charge on any atom is -0.465 e. The van der Waals surface area contributed by atoms with E-state index in [9.17, 15) is 22.8 Å². The Balaban J connectivity index is 3.29. The van der Waals surface area contributed by atoms with Crippen LogP contribution in [0, 0.1) is 0 Å². The zero-order valence-electron chi connectivity index (χ0n) is 7.42. The summed E-state index contributed by atoms with van der Waals surface area (Å²) in [5.74, 6) is -2.57. The van der Waals surface area contributed by atoms with Crippen LogP contribution in [0.15, 0.2) is 21.3 Å². The summed E-state index contributed by atoms with van der Waals surface area (Å²) < 4.78 is 44.5. The van der Waals surface area contributed by atoms with Crippen molar-refractivity contribution in [3.8, 4) is 0 Å². The van der Waals surface area contributed by atoms with Crippen molar-refractivity contribution in [2.24, 2.45) is 0 Å². The van der Waals surface area contributed by atoms with E-state index in [0.717, 1.165) is 7.11 Å². The molecule has 0 N–H and O–H groups in total. The van der Waals surface area contributed by atoms with Gasteiger partial charge in [-0.05, 0) is 0 Å². The first kappa shape index (κ1) is 11.3. The van der Waals surface area contributed by atoms with Crippen LogP contribution in [0.5, 0.6) is 0 Å². The fraction of sp³-hybridized carbons (Fsp3) is 0.250. The minimum atomic E-state index is -4.82. The molecule has 15 heavy (non-hydrogen) atoms. The van der Waals surface area contributed by atoms with Gasteiger partial charge in [-0.15, -0.1) is 0 Å². The zero-order valence-corrected chi connectivity index (χ0v) is 7.42. The van der Waals surface area contributed by atoms with Crippen LogP contribution < -0.4 is 5.63 Å². The molecule has 0 saturated heterocycles. The highest BCUT2D eigenvalue weighted by molar-refractivity contribution is 5.89. The lowest BCUT2D eigenvalue weighted by atomic mass is 10.2. The monoisotopic (exact) mass is 222 g/mol. The smallest absolute Gasteiger partial charge is 0.449 e. The summed E-state index contributed by atoms with van der Waals surface area (Å²) in [7, 11) is 0.990. The maximum Gasteiger partial charge on any atom is 0.449 e. The molecule has 0 spiro atoms. The van der Waals surface area contributed by atoms with Crippen LogP contribution >= 0.6 is 0 Å². The van der Waals surface area contributed by atoms with Crippen molar-refractivity contribution in [1.82, 2.24) is 0 Å². The Hall–Kier alpha value is -1.79. The van der Waals surface area contributed by atoms with Crippen molar-refractivity contribution in [3.63, 3.8) is 0 Å². The number of rotatable bonds is 1. The Morgan fingerprint density at radius 3 is 2.47 bits per heavy atom. The van der Waals surface area contributed by atoms with Gasteiger partial charge in [-0.2, -0.15) is 13.2 Å². The molecule has 0 unspecified atom stereocenters. The van der Waals surface area contributed by atoms with Crippen LogP contribution in [0.3, 0.4) is 0 Å². The number of methoxy groups -OCH3 is 1. The van der Waals surface area contributed by atoms with Crippen LogP contribution in [-0.2, 0) is 10.9 Å². The largest absolute Gasteiger partial charge is 0.465 e. The first-order valence-electron chi connectivity index (χ1n) is 3.65. The van der Waals surface area contributed by atoms with Crippen LogP contribution in [0.25, 0.3) is 0 Å². The molecule has 0 atom stereocenters. The van der Waals surface area contributed by atoms with Crippen LogP contribution in [-0.4, -0.2) is 13.1 Å². The van der Waals surface area contributed by atoms with Crippen molar-refractivity contribution in [3.05, 3.63) is 33.9 Å². The fourth-order valence-electron chi connectivity index (χ4n) is 0.853. The summed E-state index contributed by atoms with van der Waals surface area (Å²) in [6.07, 6.45) is -4.82. The number of halogens is 3. The number of ether oxygens (including phenoxy) is 1. The van der Waals surface area contributed by atoms with Crippen molar-refractivity contribution in [2.45, 2.75) is 6.18 Å². The molecule has 0 bridgehead atoms. The third-order valence-corrected chi connectivity index (χ3v) is 1.47. The summed E-state index contributed by atoms with van der Waals surface area (Å²) in [5.41, 5.74) is -1.76. The number of carbonyl (C=O) groups excluding carboxylic acids is 1. The van der Waals surface area contributed by atoms with Crippen LogP contribution in [0.4, 0.5) is 13.2 Å². The van der Waals surface area contributed by atoms with Gasteiger partial charge in [0.2, 0.25) is 5.76 Å². The van der Waals surface area contributed by atoms with E-state index < -0.39 is 29.1 Å². The SMILES string of the molecule is COC(=O)c1cc(C(F)(F)F)oc(=O)c1. The van der Waals surface area contributed by atoms with Crippen molar-refractivity contribution in [2.75, 3.05) is 7.11 Å². The standard InChI is InChI=1S/C8H5F3O4/c1-14-7(13)4-2-5(8(9,10)11)15-6(12)3-4/h2-3H,1H3. The van der Waals surface area contributed by atoms with Gasteiger partial charge < -0.3 is 9.15 Å². The van der Waals surface area contributed by atoms with Gasteiger partial charge in [0.05, 0.1) is 12.7 Å². The lowest BCUT2D eigenvalue weighted by Gasteiger charge is -2.05. The molecule has 82 valence electrons. The quantitative estimate of drug-likeness (QED) is 0.674. The first-order chi connectivity index (χ1) is 6.84. The second-order valence-electron chi connectivity index (χ2n) is 2.52. The molecule has 0 radical (unpaired) electrons. The highest BCUT2D eigenvalue weighted by atomic mass is 19.4. The lowest BCUT2D eigenvalue weighted by molar-refractivity contribution is -0.154. The molecule has 0 aliphatic carbocycles. The number of hydrogen-bond acceptors (Lipinski definition) is 4. The molecule has 0 aromatic carbocycles. The van der Waals surface area contributed by atoms with Gasteiger partial charge in [-0.25, -0.2) is 9.59 Å². The number of alkyl halides is 3. The molecular formula is C8H5F3O4. The molecule has 1 aromatic rings. The molecule has 4 nitrogen and oxygen atoms in total. The Bertz CT molecular complexity index is 432. The summed E-state index contributed by atoms with van der Waals surface area (Å²) in [5, 5.41) is 0. The van der Waals surface area contributed by atoms with Gasteiger partial charge in [-0.1, -0.05) is 0 Å².